The fourth-order valence-electron chi connectivity index (χ4n) is 1.91. The van der Waals surface area contributed by atoms with E-state index < -0.39 is 0 Å². The highest BCUT2D eigenvalue weighted by Crippen LogP contribution is 2.18. The highest BCUT2D eigenvalue weighted by molar-refractivity contribution is 5.96. The van der Waals surface area contributed by atoms with Crippen molar-refractivity contribution in [3.63, 3.8) is 0 Å². The van der Waals surface area contributed by atoms with Gasteiger partial charge in [0.1, 0.15) is 12.4 Å². The maximum Gasteiger partial charge on any atom is 0.320 e. The van der Waals surface area contributed by atoms with Gasteiger partial charge in [-0.2, -0.15) is 0 Å². The number of hydrogen-bond donors (Lipinski definition) is 0. The van der Waals surface area contributed by atoms with E-state index in [1.54, 1.807) is 19.1 Å². The second kappa shape index (κ2) is 9.13. The van der Waals surface area contributed by atoms with Crippen molar-refractivity contribution in [2.24, 2.45) is 0 Å². The van der Waals surface area contributed by atoms with Crippen LogP contribution in [0.25, 0.3) is 0 Å². The monoisotopic (exact) mass is 293 g/mol. The number of ketones is 1. The number of hydrogen-bond acceptors (Lipinski definition) is 5. The van der Waals surface area contributed by atoms with E-state index in [0.717, 1.165) is 6.54 Å². The molecule has 116 valence electrons. The Labute approximate surface area is 125 Å². The van der Waals surface area contributed by atoms with E-state index in [2.05, 4.69) is 0 Å². The molecule has 0 radical (unpaired) electrons. The lowest BCUT2D eigenvalue weighted by atomic mass is 10.1. The van der Waals surface area contributed by atoms with Crippen molar-refractivity contribution in [2.45, 2.75) is 20.8 Å². The largest absolute Gasteiger partial charge is 0.491 e. The Bertz CT molecular complexity index is 473. The maximum atomic E-state index is 11.5. The Balaban J connectivity index is 2.48. The van der Waals surface area contributed by atoms with Crippen LogP contribution in [0.5, 0.6) is 5.75 Å². The Kier molecular flexibility index (Phi) is 7.46. The molecule has 0 amide bonds. The molecule has 0 heterocycles. The van der Waals surface area contributed by atoms with Crippen LogP contribution in [0, 0.1) is 0 Å². The number of rotatable bonds is 9. The van der Waals surface area contributed by atoms with E-state index in [1.165, 1.54) is 6.92 Å². The predicted molar refractivity (Wildman–Crippen MR) is 80.7 cm³/mol. The number of esters is 1. The minimum absolute atomic E-state index is 0.0236. The highest BCUT2D eigenvalue weighted by atomic mass is 16.5. The van der Waals surface area contributed by atoms with Crippen molar-refractivity contribution in [3.05, 3.63) is 29.8 Å². The molecule has 0 aliphatic rings. The van der Waals surface area contributed by atoms with E-state index in [4.69, 9.17) is 9.47 Å². The van der Waals surface area contributed by atoms with Gasteiger partial charge in [0.15, 0.2) is 5.78 Å². The van der Waals surface area contributed by atoms with Gasteiger partial charge in [0.25, 0.3) is 0 Å². The molecule has 1 aromatic rings. The first kappa shape index (κ1) is 17.2. The predicted octanol–water partition coefficient (Wildman–Crippen LogP) is 2.15. The lowest BCUT2D eigenvalue weighted by Crippen LogP contribution is -2.34. The molecule has 0 saturated carbocycles. The number of Topliss-reactive ketones (excluding diaryl/α,β-unsaturated/α-hetero) is 1. The Morgan fingerprint density at radius 2 is 1.90 bits per heavy atom. The molecular weight excluding hydrogens is 270 g/mol. The van der Waals surface area contributed by atoms with Crippen LogP contribution in [0.2, 0.25) is 0 Å². The van der Waals surface area contributed by atoms with Gasteiger partial charge in [-0.25, -0.2) is 0 Å². The SMILES string of the molecule is CCOC(=O)CN(CC)CCOc1ccccc1C(C)=O. The summed E-state index contributed by atoms with van der Waals surface area (Å²) in [5.74, 6) is 0.324. The van der Waals surface area contributed by atoms with Crippen molar-refractivity contribution < 1.29 is 19.1 Å². The second-order valence-corrected chi connectivity index (χ2v) is 4.57. The number of carbonyl (C=O) groups excluding carboxylic acids is 2. The van der Waals surface area contributed by atoms with Gasteiger partial charge in [-0.3, -0.25) is 14.5 Å². The molecule has 0 spiro atoms. The van der Waals surface area contributed by atoms with E-state index >= 15 is 0 Å². The van der Waals surface area contributed by atoms with Crippen LogP contribution in [-0.4, -0.2) is 49.5 Å². The average Bonchev–Trinajstić information content (AvgIpc) is 2.46. The van der Waals surface area contributed by atoms with E-state index in [9.17, 15) is 9.59 Å². The molecule has 0 fully saturated rings. The molecule has 0 saturated heterocycles. The average molecular weight is 293 g/mol. The van der Waals surface area contributed by atoms with Gasteiger partial charge in [-0.15, -0.1) is 0 Å². The quantitative estimate of drug-likeness (QED) is 0.516. The van der Waals surface area contributed by atoms with E-state index in [1.807, 2.05) is 24.0 Å². The zero-order chi connectivity index (χ0) is 15.7. The first-order valence-electron chi connectivity index (χ1n) is 7.19. The van der Waals surface area contributed by atoms with Crippen LogP contribution in [0.4, 0.5) is 0 Å². The summed E-state index contributed by atoms with van der Waals surface area (Å²) in [6, 6.07) is 7.16. The number of benzene rings is 1. The van der Waals surface area contributed by atoms with Crippen LogP contribution in [0.15, 0.2) is 24.3 Å². The summed E-state index contributed by atoms with van der Waals surface area (Å²) in [5.41, 5.74) is 0.575. The van der Waals surface area contributed by atoms with Crippen molar-refractivity contribution in [2.75, 3.05) is 32.8 Å². The number of nitrogens with zero attached hydrogens (tertiary/aromatic N) is 1. The summed E-state index contributed by atoms with van der Waals surface area (Å²) in [7, 11) is 0. The van der Waals surface area contributed by atoms with Crippen LogP contribution in [0.3, 0.4) is 0 Å². The number of ether oxygens (including phenoxy) is 2. The van der Waals surface area contributed by atoms with Gasteiger partial charge in [0.2, 0.25) is 0 Å². The molecule has 0 bridgehead atoms. The standard InChI is InChI=1S/C16H23NO4/c1-4-17(12-16(19)20-5-2)10-11-21-15-9-7-6-8-14(15)13(3)18/h6-9H,4-5,10-12H2,1-3H3. The maximum absolute atomic E-state index is 11.5. The van der Waals surface area contributed by atoms with E-state index in [0.29, 0.717) is 31.1 Å². The number of likely N-dealkylation sites (N-methyl/N-ethyl adjacent to an activating group) is 1. The van der Waals surface area contributed by atoms with E-state index in [-0.39, 0.29) is 18.3 Å². The normalized spacial score (nSPS) is 10.5. The van der Waals surface area contributed by atoms with Crippen molar-refractivity contribution >= 4 is 11.8 Å². The molecule has 0 aliphatic heterocycles. The third-order valence-corrected chi connectivity index (χ3v) is 3.04. The first-order valence-corrected chi connectivity index (χ1v) is 7.19. The molecule has 1 rings (SSSR count). The van der Waals surface area contributed by atoms with Gasteiger partial charge in [0, 0.05) is 6.54 Å². The molecule has 0 aliphatic carbocycles. The van der Waals surface area contributed by atoms with Gasteiger partial charge in [0.05, 0.1) is 18.7 Å². The Morgan fingerprint density at radius 1 is 1.19 bits per heavy atom. The fraction of sp³-hybridized carbons (Fsp3) is 0.500. The topological polar surface area (TPSA) is 55.8 Å². The summed E-state index contributed by atoms with van der Waals surface area (Å²) in [6.45, 7) is 7.66. The molecule has 0 unspecified atom stereocenters. The summed E-state index contributed by atoms with van der Waals surface area (Å²) < 4.78 is 10.6. The van der Waals surface area contributed by atoms with Gasteiger partial charge in [-0.1, -0.05) is 19.1 Å². The van der Waals surface area contributed by atoms with Crippen molar-refractivity contribution in [3.8, 4) is 5.75 Å². The summed E-state index contributed by atoms with van der Waals surface area (Å²) >= 11 is 0. The van der Waals surface area contributed by atoms with Crippen molar-refractivity contribution in [1.29, 1.82) is 0 Å². The lowest BCUT2D eigenvalue weighted by molar-refractivity contribution is -0.144. The zero-order valence-corrected chi connectivity index (χ0v) is 12.9. The Morgan fingerprint density at radius 3 is 2.52 bits per heavy atom. The van der Waals surface area contributed by atoms with Crippen LogP contribution in [-0.2, 0) is 9.53 Å². The second-order valence-electron chi connectivity index (χ2n) is 4.57. The van der Waals surface area contributed by atoms with Crippen LogP contribution >= 0.6 is 0 Å². The van der Waals surface area contributed by atoms with Crippen LogP contribution < -0.4 is 4.74 Å². The minimum Gasteiger partial charge on any atom is -0.491 e. The fourth-order valence-corrected chi connectivity index (χ4v) is 1.91. The third kappa shape index (κ3) is 5.95. The van der Waals surface area contributed by atoms with Gasteiger partial charge >= 0.3 is 5.97 Å². The smallest absolute Gasteiger partial charge is 0.320 e. The lowest BCUT2D eigenvalue weighted by Gasteiger charge is -2.19. The van der Waals surface area contributed by atoms with Crippen molar-refractivity contribution in [1.82, 2.24) is 4.90 Å². The molecule has 1 aromatic carbocycles. The zero-order valence-electron chi connectivity index (χ0n) is 12.9. The highest BCUT2D eigenvalue weighted by Gasteiger charge is 2.11. The third-order valence-electron chi connectivity index (χ3n) is 3.04. The molecular formula is C16H23NO4. The van der Waals surface area contributed by atoms with Gasteiger partial charge in [-0.05, 0) is 32.5 Å². The molecule has 5 nitrogen and oxygen atoms in total. The molecule has 0 atom stereocenters. The number of para-hydroxylation sites is 1. The number of carbonyl (C=O) groups is 2. The van der Waals surface area contributed by atoms with Crippen LogP contribution in [0.1, 0.15) is 31.1 Å². The molecule has 5 heteroatoms. The van der Waals surface area contributed by atoms with Gasteiger partial charge < -0.3 is 9.47 Å². The molecule has 0 aromatic heterocycles. The summed E-state index contributed by atoms with van der Waals surface area (Å²) in [4.78, 5) is 24.9. The first-order chi connectivity index (χ1) is 10.1. The Hall–Kier alpha value is -1.88. The molecule has 21 heavy (non-hydrogen) atoms. The summed E-state index contributed by atoms with van der Waals surface area (Å²) in [5, 5.41) is 0. The molecule has 0 N–H and O–H groups in total. The minimum atomic E-state index is -0.233. The summed E-state index contributed by atoms with van der Waals surface area (Å²) in [6.07, 6.45) is 0.